The molecule has 3 aromatic rings. The maximum absolute atomic E-state index is 12.5. The van der Waals surface area contributed by atoms with Crippen LogP contribution in [-0.2, 0) is 0 Å². The van der Waals surface area contributed by atoms with Crippen molar-refractivity contribution in [2.24, 2.45) is 5.92 Å². The number of H-pyrrole nitrogens is 1. The summed E-state index contributed by atoms with van der Waals surface area (Å²) >= 11 is 7.54. The number of nitrogens with one attached hydrogen (secondary N) is 1. The summed E-state index contributed by atoms with van der Waals surface area (Å²) < 4.78 is 11.1. The van der Waals surface area contributed by atoms with E-state index in [4.69, 9.17) is 21.1 Å². The first-order valence-electron chi connectivity index (χ1n) is 9.64. The molecule has 1 saturated heterocycles. The van der Waals surface area contributed by atoms with Gasteiger partial charge in [0, 0.05) is 43.5 Å². The molecule has 0 bridgehead atoms. The summed E-state index contributed by atoms with van der Waals surface area (Å²) in [4.78, 5) is 25.6. The van der Waals surface area contributed by atoms with E-state index >= 15 is 0 Å². The highest BCUT2D eigenvalue weighted by molar-refractivity contribution is 7.99. The second-order valence-corrected chi connectivity index (χ2v) is 8.34. The molecule has 0 aliphatic carbocycles. The number of ether oxygens (including phenoxy) is 2. The van der Waals surface area contributed by atoms with Gasteiger partial charge >= 0.3 is 6.09 Å². The molecule has 1 aliphatic heterocycles. The standard InChI is InChI=1S/C21H21ClN4O3S/c22-16-1-6-19(25-13-16)28-17-2-4-18(5-3-17)29-21(27)26-11-7-15(8-12-26)14-30-20-23-9-10-24-20/h1-6,9-10,13,15H,7-8,11-12,14H2,(H,23,24). The number of rotatable bonds is 6. The fraction of sp³-hybridized carbons (Fsp3) is 0.286. The Hall–Kier alpha value is -2.71. The van der Waals surface area contributed by atoms with Crippen LogP contribution in [0.1, 0.15) is 12.8 Å². The second kappa shape index (κ2) is 9.86. The first kappa shape index (κ1) is 20.6. The number of imidazole rings is 1. The van der Waals surface area contributed by atoms with Crippen LogP contribution in [0, 0.1) is 5.92 Å². The van der Waals surface area contributed by atoms with Crippen LogP contribution >= 0.6 is 23.4 Å². The lowest BCUT2D eigenvalue weighted by Crippen LogP contribution is -2.40. The van der Waals surface area contributed by atoms with Crippen LogP contribution in [0.4, 0.5) is 4.79 Å². The zero-order valence-corrected chi connectivity index (χ0v) is 17.7. The first-order valence-corrected chi connectivity index (χ1v) is 11.0. The zero-order valence-electron chi connectivity index (χ0n) is 16.2. The molecule has 0 unspecified atom stereocenters. The minimum absolute atomic E-state index is 0.319. The third-order valence-electron chi connectivity index (χ3n) is 4.75. The van der Waals surface area contributed by atoms with E-state index in [1.807, 2.05) is 6.20 Å². The van der Waals surface area contributed by atoms with Gasteiger partial charge < -0.3 is 19.4 Å². The molecule has 2 aromatic heterocycles. The molecule has 9 heteroatoms. The van der Waals surface area contributed by atoms with Crippen LogP contribution in [0.15, 0.2) is 60.1 Å². The number of thioether (sulfide) groups is 1. The Labute approximate surface area is 183 Å². The minimum Gasteiger partial charge on any atom is -0.439 e. The number of hydrogen-bond donors (Lipinski definition) is 1. The summed E-state index contributed by atoms with van der Waals surface area (Å²) in [5, 5.41) is 1.49. The molecule has 1 N–H and O–H groups in total. The number of hydrogen-bond acceptors (Lipinski definition) is 6. The number of halogens is 1. The van der Waals surface area contributed by atoms with E-state index in [0.717, 1.165) is 23.8 Å². The fourth-order valence-corrected chi connectivity index (χ4v) is 4.22. The Bertz CT molecular complexity index is 943. The van der Waals surface area contributed by atoms with Crippen molar-refractivity contribution in [3.8, 4) is 17.4 Å². The Morgan fingerprint density at radius 2 is 1.90 bits per heavy atom. The quantitative estimate of drug-likeness (QED) is 0.523. The first-order chi connectivity index (χ1) is 14.7. The van der Waals surface area contributed by atoms with Crippen molar-refractivity contribution in [1.82, 2.24) is 19.9 Å². The van der Waals surface area contributed by atoms with Crippen molar-refractivity contribution in [3.05, 3.63) is 60.0 Å². The van der Waals surface area contributed by atoms with Gasteiger partial charge in [0.1, 0.15) is 11.5 Å². The number of piperidine rings is 1. The Balaban J connectivity index is 1.22. The van der Waals surface area contributed by atoms with E-state index in [9.17, 15) is 4.79 Å². The van der Waals surface area contributed by atoms with Gasteiger partial charge in [-0.1, -0.05) is 23.4 Å². The second-order valence-electron chi connectivity index (χ2n) is 6.89. The number of nitrogens with zero attached hydrogens (tertiary/aromatic N) is 3. The highest BCUT2D eigenvalue weighted by Crippen LogP contribution is 2.26. The molecule has 1 aliphatic rings. The van der Waals surface area contributed by atoms with Gasteiger partial charge in [-0.05, 0) is 49.1 Å². The van der Waals surface area contributed by atoms with E-state index < -0.39 is 0 Å². The number of amides is 1. The van der Waals surface area contributed by atoms with E-state index in [0.29, 0.717) is 41.4 Å². The normalized spacial score (nSPS) is 14.5. The largest absolute Gasteiger partial charge is 0.439 e. The molecule has 0 spiro atoms. The molecule has 1 aromatic carbocycles. The van der Waals surface area contributed by atoms with E-state index in [1.54, 1.807) is 59.3 Å². The molecule has 156 valence electrons. The van der Waals surface area contributed by atoms with Crippen molar-refractivity contribution in [2.45, 2.75) is 18.0 Å². The van der Waals surface area contributed by atoms with Gasteiger partial charge in [0.05, 0.1) is 5.02 Å². The van der Waals surface area contributed by atoms with Crippen LogP contribution in [0.5, 0.6) is 17.4 Å². The fourth-order valence-electron chi connectivity index (χ4n) is 3.09. The smallest absolute Gasteiger partial charge is 0.415 e. The maximum Gasteiger partial charge on any atom is 0.415 e. The van der Waals surface area contributed by atoms with Crippen molar-refractivity contribution in [1.29, 1.82) is 0 Å². The highest BCUT2D eigenvalue weighted by atomic mass is 35.5. The number of aromatic nitrogens is 3. The number of aromatic amines is 1. The van der Waals surface area contributed by atoms with Crippen molar-refractivity contribution < 1.29 is 14.3 Å². The molecule has 1 fully saturated rings. The third-order valence-corrected chi connectivity index (χ3v) is 6.11. The van der Waals surface area contributed by atoms with Crippen LogP contribution in [0.3, 0.4) is 0 Å². The average molecular weight is 445 g/mol. The van der Waals surface area contributed by atoms with Gasteiger partial charge in [0.2, 0.25) is 5.88 Å². The Morgan fingerprint density at radius 3 is 2.57 bits per heavy atom. The summed E-state index contributed by atoms with van der Waals surface area (Å²) in [7, 11) is 0. The molecule has 4 rings (SSSR count). The van der Waals surface area contributed by atoms with Gasteiger partial charge in [-0.25, -0.2) is 14.8 Å². The predicted molar refractivity (Wildman–Crippen MR) is 115 cm³/mol. The summed E-state index contributed by atoms with van der Waals surface area (Å²) in [6.07, 6.45) is 6.71. The number of carbonyl (C=O) groups is 1. The summed E-state index contributed by atoms with van der Waals surface area (Å²) in [5.41, 5.74) is 0. The molecule has 7 nitrogen and oxygen atoms in total. The summed E-state index contributed by atoms with van der Waals surface area (Å²) in [6.45, 7) is 1.40. The summed E-state index contributed by atoms with van der Waals surface area (Å²) in [5.74, 6) is 3.09. The van der Waals surface area contributed by atoms with Crippen LogP contribution in [0.2, 0.25) is 5.02 Å². The lowest BCUT2D eigenvalue weighted by atomic mass is 9.99. The molecule has 0 atom stereocenters. The van der Waals surface area contributed by atoms with Gasteiger partial charge in [0.25, 0.3) is 0 Å². The minimum atomic E-state index is -0.319. The van der Waals surface area contributed by atoms with E-state index in [-0.39, 0.29) is 6.09 Å². The number of pyridine rings is 1. The number of likely N-dealkylation sites (tertiary alicyclic amines) is 1. The van der Waals surface area contributed by atoms with Crippen LogP contribution < -0.4 is 9.47 Å². The van der Waals surface area contributed by atoms with Gasteiger partial charge in [-0.2, -0.15) is 0 Å². The van der Waals surface area contributed by atoms with Crippen molar-refractivity contribution in [3.63, 3.8) is 0 Å². The van der Waals surface area contributed by atoms with Gasteiger partial charge in [0.15, 0.2) is 5.16 Å². The van der Waals surface area contributed by atoms with Crippen LogP contribution in [0.25, 0.3) is 0 Å². The number of carbonyl (C=O) groups excluding carboxylic acids is 1. The SMILES string of the molecule is O=C(Oc1ccc(Oc2ccc(Cl)cn2)cc1)N1CCC(CSc2ncc[nH]2)CC1. The topological polar surface area (TPSA) is 80.3 Å². The highest BCUT2D eigenvalue weighted by Gasteiger charge is 2.24. The maximum atomic E-state index is 12.5. The van der Waals surface area contributed by atoms with Crippen LogP contribution in [-0.4, -0.2) is 44.8 Å². The summed E-state index contributed by atoms with van der Waals surface area (Å²) in [6, 6.07) is 10.3. The lowest BCUT2D eigenvalue weighted by Gasteiger charge is -2.30. The predicted octanol–water partition coefficient (Wildman–Crippen LogP) is 5.25. The molecular formula is C21H21ClN4O3S. The average Bonchev–Trinajstić information content (AvgIpc) is 3.29. The molecule has 0 saturated carbocycles. The van der Waals surface area contributed by atoms with Gasteiger partial charge in [-0.3, -0.25) is 0 Å². The Morgan fingerprint density at radius 1 is 1.13 bits per heavy atom. The third kappa shape index (κ3) is 5.67. The van der Waals surface area contributed by atoms with Crippen molar-refractivity contribution in [2.75, 3.05) is 18.8 Å². The molecular weight excluding hydrogens is 424 g/mol. The molecule has 3 heterocycles. The van der Waals surface area contributed by atoms with Crippen molar-refractivity contribution >= 4 is 29.5 Å². The van der Waals surface area contributed by atoms with E-state index in [1.165, 1.54) is 6.20 Å². The number of benzene rings is 1. The van der Waals surface area contributed by atoms with Gasteiger partial charge in [-0.15, -0.1) is 0 Å². The monoisotopic (exact) mass is 444 g/mol. The zero-order chi connectivity index (χ0) is 20.8. The molecule has 1 amide bonds. The van der Waals surface area contributed by atoms with E-state index in [2.05, 4.69) is 15.0 Å². The molecule has 0 radical (unpaired) electrons. The lowest BCUT2D eigenvalue weighted by molar-refractivity contribution is 0.134. The molecule has 30 heavy (non-hydrogen) atoms. The Kier molecular flexibility index (Phi) is 6.76.